The van der Waals surface area contributed by atoms with E-state index in [-0.39, 0.29) is 36.9 Å². The average molecular weight is 448 g/mol. The van der Waals surface area contributed by atoms with Gasteiger partial charge in [-0.05, 0) is 43.7 Å². The fourth-order valence-corrected chi connectivity index (χ4v) is 4.86. The molecule has 0 spiro atoms. The molecule has 1 heterocycles. The van der Waals surface area contributed by atoms with Crippen molar-refractivity contribution in [3.8, 4) is 0 Å². The molecule has 31 heavy (non-hydrogen) atoms. The largest absolute Gasteiger partial charge is 0.444 e. The molecule has 0 bridgehead atoms. The topological polar surface area (TPSA) is 96.0 Å². The SMILES string of the molecule is CC(C)(C)OC(=O)NCCC(=O)N1CCN(S(=O)(=O)c2ccc3ccccc3c2)CC1. The van der Waals surface area contributed by atoms with E-state index in [2.05, 4.69) is 5.32 Å². The highest BCUT2D eigenvalue weighted by molar-refractivity contribution is 7.89. The normalized spacial score (nSPS) is 15.6. The summed E-state index contributed by atoms with van der Waals surface area (Å²) in [6.45, 7) is 6.58. The van der Waals surface area contributed by atoms with Gasteiger partial charge in [-0.3, -0.25) is 4.79 Å². The van der Waals surface area contributed by atoms with Crippen molar-refractivity contribution in [3.63, 3.8) is 0 Å². The average Bonchev–Trinajstić information content (AvgIpc) is 2.72. The molecule has 1 fully saturated rings. The molecule has 0 aromatic heterocycles. The number of alkyl carbamates (subject to hydrolysis) is 1. The smallest absolute Gasteiger partial charge is 0.407 e. The Labute approximate surface area is 183 Å². The monoisotopic (exact) mass is 447 g/mol. The molecular formula is C22H29N3O5S. The molecule has 1 aliphatic heterocycles. The summed E-state index contributed by atoms with van der Waals surface area (Å²) in [7, 11) is -3.63. The second-order valence-electron chi connectivity index (χ2n) is 8.47. The summed E-state index contributed by atoms with van der Waals surface area (Å²) >= 11 is 0. The summed E-state index contributed by atoms with van der Waals surface area (Å²) in [6.07, 6.45) is -0.428. The summed E-state index contributed by atoms with van der Waals surface area (Å²) in [6, 6.07) is 12.7. The van der Waals surface area contributed by atoms with Crippen LogP contribution < -0.4 is 5.32 Å². The van der Waals surface area contributed by atoms with E-state index in [1.165, 1.54) is 4.31 Å². The van der Waals surface area contributed by atoms with Crippen molar-refractivity contribution >= 4 is 32.8 Å². The van der Waals surface area contributed by atoms with Gasteiger partial charge in [0.15, 0.2) is 0 Å². The molecule has 168 valence electrons. The van der Waals surface area contributed by atoms with Crippen LogP contribution >= 0.6 is 0 Å². The van der Waals surface area contributed by atoms with E-state index in [0.717, 1.165) is 10.8 Å². The molecule has 9 heteroatoms. The first-order valence-corrected chi connectivity index (χ1v) is 11.7. The second kappa shape index (κ2) is 9.23. The summed E-state index contributed by atoms with van der Waals surface area (Å²) < 4.78 is 32.6. The second-order valence-corrected chi connectivity index (χ2v) is 10.4. The van der Waals surface area contributed by atoms with Crippen molar-refractivity contribution in [2.75, 3.05) is 32.7 Å². The van der Waals surface area contributed by atoms with E-state index < -0.39 is 21.7 Å². The maximum Gasteiger partial charge on any atom is 0.407 e. The van der Waals surface area contributed by atoms with E-state index in [1.54, 1.807) is 43.9 Å². The number of rotatable bonds is 5. The van der Waals surface area contributed by atoms with Crippen LogP contribution in [0, 0.1) is 0 Å². The predicted molar refractivity (Wildman–Crippen MR) is 118 cm³/mol. The van der Waals surface area contributed by atoms with Gasteiger partial charge in [0.05, 0.1) is 4.90 Å². The standard InChI is InChI=1S/C22H29N3O5S/c1-22(2,3)30-21(27)23-11-10-20(26)24-12-14-25(15-13-24)31(28,29)19-9-8-17-6-4-5-7-18(17)16-19/h4-9,16H,10-15H2,1-3H3,(H,23,27). The zero-order chi connectivity index (χ0) is 22.6. The lowest BCUT2D eigenvalue weighted by Crippen LogP contribution is -2.50. The molecule has 0 saturated carbocycles. The molecule has 1 saturated heterocycles. The Kier molecular flexibility index (Phi) is 6.86. The summed E-state index contributed by atoms with van der Waals surface area (Å²) in [5, 5.41) is 4.42. The third-order valence-corrected chi connectivity index (χ3v) is 6.85. The lowest BCUT2D eigenvalue weighted by atomic mass is 10.1. The van der Waals surface area contributed by atoms with Crippen LogP contribution in [0.1, 0.15) is 27.2 Å². The first kappa shape index (κ1) is 23.0. The highest BCUT2D eigenvalue weighted by Crippen LogP contribution is 2.23. The Morgan fingerprint density at radius 2 is 1.65 bits per heavy atom. The maximum atomic E-state index is 13.0. The van der Waals surface area contributed by atoms with E-state index in [4.69, 9.17) is 4.74 Å². The van der Waals surface area contributed by atoms with Gasteiger partial charge in [0.2, 0.25) is 15.9 Å². The molecule has 0 atom stereocenters. The number of benzene rings is 2. The minimum absolute atomic E-state index is 0.126. The number of fused-ring (bicyclic) bond motifs is 1. The fraction of sp³-hybridized carbons (Fsp3) is 0.455. The van der Waals surface area contributed by atoms with E-state index in [9.17, 15) is 18.0 Å². The number of nitrogens with one attached hydrogen (secondary N) is 1. The molecule has 1 aliphatic rings. The molecule has 2 amide bonds. The minimum Gasteiger partial charge on any atom is -0.444 e. The predicted octanol–water partition coefficient (Wildman–Crippen LogP) is 2.59. The molecule has 2 aromatic rings. The maximum absolute atomic E-state index is 13.0. The number of amides is 2. The number of carbonyl (C=O) groups is 2. The Morgan fingerprint density at radius 1 is 1.00 bits per heavy atom. The van der Waals surface area contributed by atoms with Gasteiger partial charge < -0.3 is 15.0 Å². The van der Waals surface area contributed by atoms with Crippen molar-refractivity contribution in [1.29, 1.82) is 0 Å². The summed E-state index contributed by atoms with van der Waals surface area (Å²) in [5.41, 5.74) is -0.596. The van der Waals surface area contributed by atoms with Gasteiger partial charge in [0, 0.05) is 39.1 Å². The lowest BCUT2D eigenvalue weighted by Gasteiger charge is -2.34. The zero-order valence-electron chi connectivity index (χ0n) is 18.1. The van der Waals surface area contributed by atoms with Crippen molar-refractivity contribution < 1.29 is 22.7 Å². The van der Waals surface area contributed by atoms with Crippen LogP contribution in [-0.2, 0) is 19.6 Å². The van der Waals surface area contributed by atoms with Crippen LogP contribution in [0.3, 0.4) is 0 Å². The van der Waals surface area contributed by atoms with Gasteiger partial charge in [-0.15, -0.1) is 0 Å². The van der Waals surface area contributed by atoms with Crippen LogP contribution in [0.15, 0.2) is 47.4 Å². The van der Waals surface area contributed by atoms with Crippen molar-refractivity contribution in [3.05, 3.63) is 42.5 Å². The third kappa shape index (κ3) is 5.95. The molecule has 1 N–H and O–H groups in total. The van der Waals surface area contributed by atoms with Gasteiger partial charge in [0.1, 0.15) is 5.60 Å². The van der Waals surface area contributed by atoms with Crippen LogP contribution in [0.4, 0.5) is 4.79 Å². The Balaban J connectivity index is 1.52. The fourth-order valence-electron chi connectivity index (χ4n) is 3.40. The Hall–Kier alpha value is -2.65. The quantitative estimate of drug-likeness (QED) is 0.760. The summed E-state index contributed by atoms with van der Waals surface area (Å²) in [5.74, 6) is -0.126. The van der Waals surface area contributed by atoms with Gasteiger partial charge in [-0.1, -0.05) is 30.3 Å². The molecule has 2 aromatic carbocycles. The van der Waals surface area contributed by atoms with Gasteiger partial charge in [-0.25, -0.2) is 13.2 Å². The van der Waals surface area contributed by atoms with E-state index >= 15 is 0 Å². The number of hydrogen-bond acceptors (Lipinski definition) is 5. The number of sulfonamides is 1. The van der Waals surface area contributed by atoms with Crippen LogP contribution in [0.5, 0.6) is 0 Å². The molecule has 0 unspecified atom stereocenters. The first-order chi connectivity index (χ1) is 14.6. The van der Waals surface area contributed by atoms with Gasteiger partial charge in [-0.2, -0.15) is 4.31 Å². The summed E-state index contributed by atoms with van der Waals surface area (Å²) in [4.78, 5) is 25.9. The minimum atomic E-state index is -3.63. The highest BCUT2D eigenvalue weighted by atomic mass is 32.2. The number of hydrogen-bond donors (Lipinski definition) is 1. The van der Waals surface area contributed by atoms with E-state index in [1.807, 2.05) is 24.3 Å². The molecule has 0 aliphatic carbocycles. The van der Waals surface area contributed by atoms with Crippen LogP contribution in [0.2, 0.25) is 0 Å². The van der Waals surface area contributed by atoms with Crippen LogP contribution in [0.25, 0.3) is 10.8 Å². The van der Waals surface area contributed by atoms with Gasteiger partial charge in [0.25, 0.3) is 0 Å². The number of piperazine rings is 1. The zero-order valence-corrected chi connectivity index (χ0v) is 18.9. The Bertz CT molecular complexity index is 1050. The van der Waals surface area contributed by atoms with Crippen molar-refractivity contribution in [1.82, 2.24) is 14.5 Å². The van der Waals surface area contributed by atoms with Crippen molar-refractivity contribution in [2.45, 2.75) is 37.7 Å². The number of carbonyl (C=O) groups excluding carboxylic acids is 2. The Morgan fingerprint density at radius 3 is 2.29 bits per heavy atom. The molecular weight excluding hydrogens is 418 g/mol. The first-order valence-electron chi connectivity index (χ1n) is 10.3. The molecule has 8 nitrogen and oxygen atoms in total. The van der Waals surface area contributed by atoms with E-state index in [0.29, 0.717) is 13.1 Å². The highest BCUT2D eigenvalue weighted by Gasteiger charge is 2.30. The third-order valence-electron chi connectivity index (χ3n) is 4.96. The lowest BCUT2D eigenvalue weighted by molar-refractivity contribution is -0.132. The van der Waals surface area contributed by atoms with Crippen molar-refractivity contribution in [2.24, 2.45) is 0 Å². The van der Waals surface area contributed by atoms with Crippen LogP contribution in [-0.4, -0.2) is 67.9 Å². The number of ether oxygens (including phenoxy) is 1. The number of nitrogens with zero attached hydrogens (tertiary/aromatic N) is 2. The molecule has 3 rings (SSSR count). The van der Waals surface area contributed by atoms with Gasteiger partial charge >= 0.3 is 6.09 Å². The molecule has 0 radical (unpaired) electrons.